The molecule has 14 heteroatoms. The molecule has 1 atom stereocenters. The van der Waals surface area contributed by atoms with Gasteiger partial charge in [0, 0.05) is 11.6 Å². The van der Waals surface area contributed by atoms with E-state index in [2.05, 4.69) is 24.9 Å². The first-order valence-electron chi connectivity index (χ1n) is 9.97. The Morgan fingerprint density at radius 3 is 2.69 bits per heavy atom. The second kappa shape index (κ2) is 9.40. The molecule has 3 aromatic rings. The van der Waals surface area contributed by atoms with Crippen LogP contribution in [0.3, 0.4) is 0 Å². The van der Waals surface area contributed by atoms with Crippen LogP contribution in [0, 0.1) is 5.82 Å². The number of aliphatic imine (C=N–C) groups is 1. The molecule has 3 heterocycles. The van der Waals surface area contributed by atoms with E-state index in [-0.39, 0.29) is 35.3 Å². The summed E-state index contributed by atoms with van der Waals surface area (Å²) in [7, 11) is 0. The smallest absolute Gasteiger partial charge is 0.427 e. The van der Waals surface area contributed by atoms with Crippen molar-refractivity contribution in [2.75, 3.05) is 17.2 Å². The largest absolute Gasteiger partial charge is 0.434 e. The molecule has 0 radical (unpaired) electrons. The molecule has 0 spiro atoms. The number of hydrogen-bond acceptors (Lipinski definition) is 9. The molecule has 0 bridgehead atoms. The fourth-order valence-corrected chi connectivity index (χ4v) is 3.12. The van der Waals surface area contributed by atoms with Gasteiger partial charge in [0.05, 0.1) is 30.7 Å². The Labute approximate surface area is 194 Å². The van der Waals surface area contributed by atoms with Crippen LogP contribution in [-0.4, -0.2) is 45.8 Å². The van der Waals surface area contributed by atoms with Crippen molar-refractivity contribution in [3.8, 4) is 0 Å². The van der Waals surface area contributed by atoms with Gasteiger partial charge >= 0.3 is 12.3 Å². The fraction of sp³-hybridized carbons (Fsp3) is 0.190. The van der Waals surface area contributed by atoms with Gasteiger partial charge in [0.25, 0.3) is 0 Å². The van der Waals surface area contributed by atoms with Gasteiger partial charge in [0.2, 0.25) is 6.10 Å². The normalized spacial score (nSPS) is 17.1. The SMILES string of the molecule is NC(=CC(=NCc1ccccc1F)c1ccon1)c1ncc(N2CC(C(F)(F)F)OC2=O)c(N)n1. The Morgan fingerprint density at radius 2 is 2.06 bits per heavy atom. The summed E-state index contributed by atoms with van der Waals surface area (Å²) in [6.07, 6.45) is -4.53. The number of nitrogens with two attached hydrogens (primary N) is 2. The van der Waals surface area contributed by atoms with E-state index in [1.807, 2.05) is 0 Å². The van der Waals surface area contributed by atoms with Gasteiger partial charge < -0.3 is 20.7 Å². The van der Waals surface area contributed by atoms with Crippen molar-refractivity contribution in [2.24, 2.45) is 10.7 Å². The number of carbonyl (C=O) groups is 1. The van der Waals surface area contributed by atoms with Crippen LogP contribution in [-0.2, 0) is 11.3 Å². The number of nitrogen functional groups attached to an aromatic ring is 1. The monoisotopic (exact) mass is 491 g/mol. The number of allylic oxidation sites excluding steroid dienone is 1. The molecule has 2 aromatic heterocycles. The first kappa shape index (κ1) is 23.7. The number of benzene rings is 1. The highest BCUT2D eigenvalue weighted by Crippen LogP contribution is 2.32. The average molecular weight is 491 g/mol. The van der Waals surface area contributed by atoms with Crippen molar-refractivity contribution in [2.45, 2.75) is 18.8 Å². The standard InChI is InChI=1S/C21H17F4N7O3/c22-12-4-2-1-3-11(12)8-28-15(14-5-6-34-31-14)7-13(26)19-29-9-16(18(27)30-19)32-10-17(21(23,24)25)35-20(32)33/h1-7,9,17H,8,10,26H2,(H2,27,29,30). The number of halogens is 4. The van der Waals surface area contributed by atoms with Gasteiger partial charge in [0.1, 0.15) is 23.5 Å². The molecule has 10 nitrogen and oxygen atoms in total. The van der Waals surface area contributed by atoms with Crippen molar-refractivity contribution in [3.05, 3.63) is 71.8 Å². The molecule has 1 unspecified atom stereocenters. The lowest BCUT2D eigenvalue weighted by molar-refractivity contribution is -0.191. The summed E-state index contributed by atoms with van der Waals surface area (Å²) in [6.45, 7) is -0.822. The van der Waals surface area contributed by atoms with Crippen LogP contribution in [0.25, 0.3) is 5.70 Å². The van der Waals surface area contributed by atoms with Crippen LogP contribution in [0.2, 0.25) is 0 Å². The average Bonchev–Trinajstić information content (AvgIpc) is 3.47. The minimum atomic E-state index is -4.73. The molecule has 182 valence electrons. The van der Waals surface area contributed by atoms with E-state index in [9.17, 15) is 22.4 Å². The zero-order valence-electron chi connectivity index (χ0n) is 17.7. The van der Waals surface area contributed by atoms with E-state index >= 15 is 0 Å². The molecule has 1 saturated heterocycles. The van der Waals surface area contributed by atoms with Gasteiger partial charge in [-0.25, -0.2) is 19.2 Å². The number of nitrogens with zero attached hydrogens (tertiary/aromatic N) is 5. The zero-order valence-corrected chi connectivity index (χ0v) is 17.7. The van der Waals surface area contributed by atoms with Crippen LogP contribution in [0.1, 0.15) is 17.1 Å². The van der Waals surface area contributed by atoms with Gasteiger partial charge in [-0.3, -0.25) is 9.89 Å². The lowest BCUT2D eigenvalue weighted by Crippen LogP contribution is -2.33. The number of hydrogen-bond donors (Lipinski definition) is 2. The summed E-state index contributed by atoms with van der Waals surface area (Å²) in [5, 5.41) is 3.80. The van der Waals surface area contributed by atoms with Gasteiger partial charge in [-0.2, -0.15) is 13.2 Å². The van der Waals surface area contributed by atoms with Crippen LogP contribution in [0.15, 0.2) is 58.4 Å². The van der Waals surface area contributed by atoms with E-state index in [0.29, 0.717) is 16.2 Å². The lowest BCUT2D eigenvalue weighted by Gasteiger charge is -2.15. The molecule has 1 fully saturated rings. The van der Waals surface area contributed by atoms with E-state index in [4.69, 9.17) is 16.0 Å². The Bertz CT molecular complexity index is 1290. The summed E-state index contributed by atoms with van der Waals surface area (Å²) in [5.74, 6) is -0.821. The van der Waals surface area contributed by atoms with Crippen molar-refractivity contribution < 1.29 is 31.6 Å². The van der Waals surface area contributed by atoms with Crippen LogP contribution < -0.4 is 16.4 Å². The van der Waals surface area contributed by atoms with Crippen LogP contribution >= 0.6 is 0 Å². The molecule has 35 heavy (non-hydrogen) atoms. The molecule has 0 saturated carbocycles. The minimum Gasteiger partial charge on any atom is -0.434 e. The topological polar surface area (TPSA) is 146 Å². The maximum atomic E-state index is 14.0. The quantitative estimate of drug-likeness (QED) is 0.395. The summed E-state index contributed by atoms with van der Waals surface area (Å²) in [4.78, 5) is 24.9. The number of alkyl halides is 3. The van der Waals surface area contributed by atoms with E-state index in [0.717, 1.165) is 6.20 Å². The number of ether oxygens (including phenoxy) is 1. The highest BCUT2D eigenvalue weighted by Gasteiger charge is 2.50. The number of amides is 1. The first-order valence-corrected chi connectivity index (χ1v) is 9.97. The van der Waals surface area contributed by atoms with E-state index in [1.54, 1.807) is 18.2 Å². The van der Waals surface area contributed by atoms with Gasteiger partial charge in [0.15, 0.2) is 11.6 Å². The molecule has 4 N–H and O–H groups in total. The first-order chi connectivity index (χ1) is 16.6. The van der Waals surface area contributed by atoms with Gasteiger partial charge in [-0.15, -0.1) is 0 Å². The molecule has 1 aromatic carbocycles. The van der Waals surface area contributed by atoms with Gasteiger partial charge in [-0.05, 0) is 12.1 Å². The Balaban J connectivity index is 1.60. The number of carbonyl (C=O) groups excluding carboxylic acids is 1. The van der Waals surface area contributed by atoms with Crippen LogP contribution in [0.4, 0.5) is 33.9 Å². The predicted octanol–water partition coefficient (Wildman–Crippen LogP) is 3.06. The molecule has 4 rings (SSSR count). The molecular formula is C21H17F4N7O3. The third-order valence-corrected chi connectivity index (χ3v) is 4.89. The summed E-state index contributed by atoms with van der Waals surface area (Å²) in [6, 6.07) is 7.60. The number of cyclic esters (lactones) is 1. The number of aromatic nitrogens is 3. The predicted molar refractivity (Wildman–Crippen MR) is 115 cm³/mol. The third kappa shape index (κ3) is 5.20. The van der Waals surface area contributed by atoms with E-state index in [1.165, 1.54) is 24.5 Å². The molecular weight excluding hydrogens is 474 g/mol. The maximum Gasteiger partial charge on any atom is 0.427 e. The minimum absolute atomic E-state index is 0.0297. The second-order valence-corrected chi connectivity index (χ2v) is 7.27. The van der Waals surface area contributed by atoms with Crippen molar-refractivity contribution >= 4 is 29.0 Å². The highest BCUT2D eigenvalue weighted by molar-refractivity contribution is 6.10. The van der Waals surface area contributed by atoms with Crippen molar-refractivity contribution in [3.63, 3.8) is 0 Å². The number of rotatable bonds is 6. The fourth-order valence-electron chi connectivity index (χ4n) is 3.12. The summed E-state index contributed by atoms with van der Waals surface area (Å²) in [5.41, 5.74) is 12.6. The van der Waals surface area contributed by atoms with Gasteiger partial charge in [-0.1, -0.05) is 23.4 Å². The maximum absolute atomic E-state index is 14.0. The Hall–Kier alpha value is -4.49. The zero-order chi connectivity index (χ0) is 25.2. The molecule has 0 aliphatic carbocycles. The molecule has 1 aliphatic rings. The lowest BCUT2D eigenvalue weighted by atomic mass is 10.2. The van der Waals surface area contributed by atoms with Crippen LogP contribution in [0.5, 0.6) is 0 Å². The highest BCUT2D eigenvalue weighted by atomic mass is 19.4. The summed E-state index contributed by atoms with van der Waals surface area (Å²) >= 11 is 0. The second-order valence-electron chi connectivity index (χ2n) is 7.27. The molecule has 1 amide bonds. The number of anilines is 2. The van der Waals surface area contributed by atoms with E-state index < -0.39 is 30.7 Å². The van der Waals surface area contributed by atoms with Crippen molar-refractivity contribution in [1.29, 1.82) is 0 Å². The Kier molecular flexibility index (Phi) is 6.36. The molecule has 1 aliphatic heterocycles. The van der Waals surface area contributed by atoms with Crippen molar-refractivity contribution in [1.82, 2.24) is 15.1 Å². The third-order valence-electron chi connectivity index (χ3n) is 4.89. The Morgan fingerprint density at radius 1 is 1.29 bits per heavy atom. The summed E-state index contributed by atoms with van der Waals surface area (Å²) < 4.78 is 61.8.